The molecule has 0 aromatic heterocycles. The second-order valence-electron chi connectivity index (χ2n) is 5.86. The fourth-order valence-electron chi connectivity index (χ4n) is 2.58. The molecule has 2 aromatic rings. The Hall–Kier alpha value is -2.61. The van der Waals surface area contributed by atoms with E-state index in [1.165, 1.54) is 37.4 Å². The number of carbonyl (C=O) groups excluding carboxylic acids is 1. The van der Waals surface area contributed by atoms with Gasteiger partial charge in [0.1, 0.15) is 0 Å². The summed E-state index contributed by atoms with van der Waals surface area (Å²) in [6.07, 6.45) is -4.56. The molecule has 4 nitrogen and oxygen atoms in total. The Balaban J connectivity index is 2.05. The lowest BCUT2D eigenvalue weighted by molar-refractivity contribution is -0.137. The zero-order chi connectivity index (χ0) is 20.0. The molecule has 2 rings (SSSR count). The molecule has 146 valence electrons. The maximum Gasteiger partial charge on any atom is 0.418 e. The molecule has 8 heteroatoms. The first-order valence-electron chi connectivity index (χ1n) is 8.25. The summed E-state index contributed by atoms with van der Waals surface area (Å²) in [5.74, 6) is -0.986. The van der Waals surface area contributed by atoms with E-state index in [0.29, 0.717) is 12.1 Å². The average molecular weight is 384 g/mol. The second kappa shape index (κ2) is 8.85. The normalized spacial score (nSPS) is 11.5. The molecule has 0 aliphatic rings. The molecule has 1 amide bonds. The van der Waals surface area contributed by atoms with Crippen LogP contribution in [0.1, 0.15) is 18.1 Å². The molecule has 0 unspecified atom stereocenters. The third-order valence-electron chi connectivity index (χ3n) is 3.94. The number of carbonyl (C=O) groups is 1. The van der Waals surface area contributed by atoms with Gasteiger partial charge < -0.3 is 10.1 Å². The van der Waals surface area contributed by atoms with E-state index < -0.39 is 23.5 Å². The molecule has 0 bridgehead atoms. The summed E-state index contributed by atoms with van der Waals surface area (Å²) >= 11 is 0. The van der Waals surface area contributed by atoms with Gasteiger partial charge in [0.25, 0.3) is 0 Å². The number of ether oxygens (including phenoxy) is 1. The van der Waals surface area contributed by atoms with Gasteiger partial charge in [-0.3, -0.25) is 9.69 Å². The van der Waals surface area contributed by atoms with E-state index in [-0.39, 0.29) is 24.5 Å². The van der Waals surface area contributed by atoms with Crippen molar-refractivity contribution in [2.75, 3.05) is 25.5 Å². The summed E-state index contributed by atoms with van der Waals surface area (Å²) in [5.41, 5.74) is -0.571. The number of methoxy groups -OCH3 is 1. The minimum absolute atomic E-state index is 0.114. The van der Waals surface area contributed by atoms with Crippen molar-refractivity contribution in [1.82, 2.24) is 4.90 Å². The molecule has 27 heavy (non-hydrogen) atoms. The van der Waals surface area contributed by atoms with Crippen molar-refractivity contribution in [3.05, 3.63) is 59.4 Å². The Morgan fingerprint density at radius 2 is 1.89 bits per heavy atom. The van der Waals surface area contributed by atoms with E-state index in [1.54, 1.807) is 17.9 Å². The molecule has 2 aromatic carbocycles. The molecule has 0 fully saturated rings. The summed E-state index contributed by atoms with van der Waals surface area (Å²) < 4.78 is 57.7. The fraction of sp³-hybridized carbons (Fsp3) is 0.316. The highest BCUT2D eigenvalue weighted by atomic mass is 19.4. The number of rotatable bonds is 7. The monoisotopic (exact) mass is 384 g/mol. The van der Waals surface area contributed by atoms with Crippen LogP contribution in [0.2, 0.25) is 0 Å². The Morgan fingerprint density at radius 3 is 2.48 bits per heavy atom. The van der Waals surface area contributed by atoms with Crippen LogP contribution >= 0.6 is 0 Å². The predicted molar refractivity (Wildman–Crippen MR) is 94.0 cm³/mol. The first-order valence-corrected chi connectivity index (χ1v) is 8.25. The number of para-hydroxylation sites is 1. The van der Waals surface area contributed by atoms with Crippen molar-refractivity contribution < 1.29 is 27.1 Å². The van der Waals surface area contributed by atoms with Crippen LogP contribution < -0.4 is 10.1 Å². The molecule has 0 radical (unpaired) electrons. The standard InChI is InChI=1S/C19H20F4N2O2/c1-3-25(11-13-8-9-17(27-2)15(20)10-13)12-18(26)24-16-7-5-4-6-14(16)19(21,22)23/h4-10H,3,11-12H2,1-2H3,(H,24,26). The third-order valence-corrected chi connectivity index (χ3v) is 3.94. The molecular formula is C19H20F4N2O2. The molecular weight excluding hydrogens is 364 g/mol. The minimum Gasteiger partial charge on any atom is -0.494 e. The van der Waals surface area contributed by atoms with Crippen molar-refractivity contribution in [1.29, 1.82) is 0 Å². The maximum absolute atomic E-state index is 13.8. The van der Waals surface area contributed by atoms with Crippen molar-refractivity contribution >= 4 is 11.6 Å². The second-order valence-corrected chi connectivity index (χ2v) is 5.86. The van der Waals surface area contributed by atoms with Crippen LogP contribution in [-0.2, 0) is 17.5 Å². The highest BCUT2D eigenvalue weighted by Crippen LogP contribution is 2.34. The van der Waals surface area contributed by atoms with E-state index in [1.807, 2.05) is 0 Å². The molecule has 0 saturated heterocycles. The highest BCUT2D eigenvalue weighted by molar-refractivity contribution is 5.93. The van der Waals surface area contributed by atoms with Gasteiger partial charge in [-0.15, -0.1) is 0 Å². The van der Waals surface area contributed by atoms with Crippen molar-refractivity contribution in [3.63, 3.8) is 0 Å². The number of hydrogen-bond acceptors (Lipinski definition) is 3. The molecule has 0 atom stereocenters. The average Bonchev–Trinajstić information content (AvgIpc) is 2.60. The Kier molecular flexibility index (Phi) is 6.79. The third kappa shape index (κ3) is 5.68. The van der Waals surface area contributed by atoms with Gasteiger partial charge >= 0.3 is 6.18 Å². The van der Waals surface area contributed by atoms with Crippen LogP contribution in [0.4, 0.5) is 23.2 Å². The summed E-state index contributed by atoms with van der Waals surface area (Å²) in [5, 5.41) is 2.30. The number of anilines is 1. The van der Waals surface area contributed by atoms with Gasteiger partial charge in [-0.05, 0) is 36.4 Å². The van der Waals surface area contributed by atoms with Gasteiger partial charge in [0, 0.05) is 6.54 Å². The zero-order valence-electron chi connectivity index (χ0n) is 14.9. The number of halogens is 4. The van der Waals surface area contributed by atoms with Crippen LogP contribution in [0.3, 0.4) is 0 Å². The lowest BCUT2D eigenvalue weighted by Crippen LogP contribution is -2.33. The van der Waals surface area contributed by atoms with Crippen LogP contribution in [0.15, 0.2) is 42.5 Å². The first kappa shape index (κ1) is 20.7. The summed E-state index contributed by atoms with van der Waals surface area (Å²) in [6, 6.07) is 9.25. The molecule has 0 aliphatic carbocycles. The van der Waals surface area contributed by atoms with Crippen LogP contribution in [0.25, 0.3) is 0 Å². The number of amides is 1. The number of benzene rings is 2. The minimum atomic E-state index is -4.56. The lowest BCUT2D eigenvalue weighted by Gasteiger charge is -2.21. The topological polar surface area (TPSA) is 41.6 Å². The van der Waals surface area contributed by atoms with Gasteiger partial charge in [-0.2, -0.15) is 13.2 Å². The van der Waals surface area contributed by atoms with Gasteiger partial charge in [-0.1, -0.05) is 25.1 Å². The van der Waals surface area contributed by atoms with Crippen molar-refractivity contribution in [2.24, 2.45) is 0 Å². The summed E-state index contributed by atoms with van der Waals surface area (Å²) in [7, 11) is 1.36. The quantitative estimate of drug-likeness (QED) is 0.723. The van der Waals surface area contributed by atoms with Crippen LogP contribution in [0.5, 0.6) is 5.75 Å². The number of hydrogen-bond donors (Lipinski definition) is 1. The Morgan fingerprint density at radius 1 is 1.19 bits per heavy atom. The highest BCUT2D eigenvalue weighted by Gasteiger charge is 2.33. The van der Waals surface area contributed by atoms with Gasteiger partial charge in [0.05, 0.1) is 24.9 Å². The SMILES string of the molecule is CCN(CC(=O)Nc1ccccc1C(F)(F)F)Cc1ccc(OC)c(F)c1. The zero-order valence-corrected chi connectivity index (χ0v) is 14.9. The number of likely N-dealkylation sites (N-methyl/N-ethyl adjacent to an activating group) is 1. The van der Waals surface area contributed by atoms with Crippen molar-refractivity contribution in [2.45, 2.75) is 19.6 Å². The van der Waals surface area contributed by atoms with Gasteiger partial charge in [0.15, 0.2) is 11.6 Å². The van der Waals surface area contributed by atoms with E-state index >= 15 is 0 Å². The largest absolute Gasteiger partial charge is 0.494 e. The summed E-state index contributed by atoms with van der Waals surface area (Å²) in [6.45, 7) is 2.40. The van der Waals surface area contributed by atoms with Crippen LogP contribution in [-0.4, -0.2) is 31.0 Å². The molecule has 0 heterocycles. The van der Waals surface area contributed by atoms with Gasteiger partial charge in [0.2, 0.25) is 5.91 Å². The number of alkyl halides is 3. The van der Waals surface area contributed by atoms with E-state index in [4.69, 9.17) is 4.74 Å². The fourth-order valence-corrected chi connectivity index (χ4v) is 2.58. The molecule has 1 N–H and O–H groups in total. The predicted octanol–water partition coefficient (Wildman–Crippen LogP) is 4.31. The number of nitrogens with zero attached hydrogens (tertiary/aromatic N) is 1. The Labute approximate surface area is 154 Å². The molecule has 0 spiro atoms. The first-order chi connectivity index (χ1) is 12.7. The molecule has 0 saturated carbocycles. The Bertz CT molecular complexity index is 794. The van der Waals surface area contributed by atoms with E-state index in [0.717, 1.165) is 6.07 Å². The van der Waals surface area contributed by atoms with Crippen LogP contribution in [0, 0.1) is 5.82 Å². The smallest absolute Gasteiger partial charge is 0.418 e. The van der Waals surface area contributed by atoms with E-state index in [2.05, 4.69) is 5.32 Å². The number of nitrogens with one attached hydrogen (secondary N) is 1. The summed E-state index contributed by atoms with van der Waals surface area (Å²) in [4.78, 5) is 13.9. The molecule has 0 aliphatic heterocycles. The maximum atomic E-state index is 13.8. The lowest BCUT2D eigenvalue weighted by atomic mass is 10.1. The van der Waals surface area contributed by atoms with E-state index in [9.17, 15) is 22.4 Å². The van der Waals surface area contributed by atoms with Crippen molar-refractivity contribution in [3.8, 4) is 5.75 Å². The van der Waals surface area contributed by atoms with Gasteiger partial charge in [-0.25, -0.2) is 4.39 Å².